The topological polar surface area (TPSA) is 122 Å². The molecule has 23 heavy (non-hydrogen) atoms. The Morgan fingerprint density at radius 1 is 1.22 bits per heavy atom. The molecule has 118 valence electrons. The average molecular weight is 331 g/mol. The van der Waals surface area contributed by atoms with Crippen LogP contribution in [0.5, 0.6) is 0 Å². The van der Waals surface area contributed by atoms with Gasteiger partial charge in [0.1, 0.15) is 5.70 Å². The number of carbonyl (C=O) groups excluding carboxylic acids is 1. The summed E-state index contributed by atoms with van der Waals surface area (Å²) in [6, 6.07) is 9.54. The zero-order chi connectivity index (χ0) is 16.6. The van der Waals surface area contributed by atoms with Crippen molar-refractivity contribution < 1.29 is 18.3 Å². The van der Waals surface area contributed by atoms with Crippen LogP contribution in [0.1, 0.15) is 16.8 Å². The maximum absolute atomic E-state index is 12.4. The van der Waals surface area contributed by atoms with Crippen LogP contribution >= 0.6 is 0 Å². The second kappa shape index (κ2) is 5.49. The number of nitrogens with one attached hydrogen (secondary N) is 1. The molecule has 0 unspecified atom stereocenters. The Hall–Kier alpha value is -2.71. The summed E-state index contributed by atoms with van der Waals surface area (Å²) < 4.78 is 27.0. The SMILES string of the molecule is NC(=O)C1=C(c2ccccn2)c2c(CO)cccc2S(=O)(=O)N1. The summed E-state index contributed by atoms with van der Waals surface area (Å²) in [6.45, 7) is -0.388. The van der Waals surface area contributed by atoms with Crippen molar-refractivity contribution in [2.45, 2.75) is 11.5 Å². The maximum atomic E-state index is 12.4. The van der Waals surface area contributed by atoms with Crippen LogP contribution in [0.3, 0.4) is 0 Å². The Balaban J connectivity index is 2.46. The molecule has 0 bridgehead atoms. The largest absolute Gasteiger partial charge is 0.392 e. The van der Waals surface area contributed by atoms with Crippen LogP contribution in [0.4, 0.5) is 0 Å². The number of aliphatic hydroxyl groups is 1. The zero-order valence-electron chi connectivity index (χ0n) is 11.9. The number of carbonyl (C=O) groups is 1. The van der Waals surface area contributed by atoms with Gasteiger partial charge in [-0.25, -0.2) is 8.42 Å². The average Bonchev–Trinajstić information content (AvgIpc) is 2.54. The summed E-state index contributed by atoms with van der Waals surface area (Å²) in [5, 5.41) is 9.58. The molecule has 2 aromatic rings. The smallest absolute Gasteiger partial charge is 0.266 e. The Bertz CT molecular complexity index is 921. The minimum atomic E-state index is -3.96. The monoisotopic (exact) mass is 331 g/mol. The molecule has 0 radical (unpaired) electrons. The number of hydrogen-bond donors (Lipinski definition) is 3. The molecule has 1 aromatic carbocycles. The molecule has 0 aliphatic carbocycles. The molecular weight excluding hydrogens is 318 g/mol. The van der Waals surface area contributed by atoms with Gasteiger partial charge in [0.05, 0.1) is 17.2 Å². The van der Waals surface area contributed by atoms with E-state index in [1.807, 2.05) is 0 Å². The Labute approximate surface area is 132 Å². The fraction of sp³-hybridized carbons (Fsp3) is 0.0667. The van der Waals surface area contributed by atoms with Crippen LogP contribution in [0.15, 0.2) is 53.2 Å². The normalized spacial score (nSPS) is 15.7. The van der Waals surface area contributed by atoms with Gasteiger partial charge in [0.2, 0.25) is 0 Å². The van der Waals surface area contributed by atoms with Gasteiger partial charge in [0.15, 0.2) is 0 Å². The molecule has 1 aliphatic heterocycles. The van der Waals surface area contributed by atoms with Crippen LogP contribution in [-0.2, 0) is 21.4 Å². The minimum Gasteiger partial charge on any atom is -0.392 e. The summed E-state index contributed by atoms with van der Waals surface area (Å²) in [4.78, 5) is 15.9. The van der Waals surface area contributed by atoms with Gasteiger partial charge in [-0.15, -0.1) is 0 Å². The van der Waals surface area contributed by atoms with Crippen molar-refractivity contribution >= 4 is 21.5 Å². The molecule has 0 atom stereocenters. The quantitative estimate of drug-likeness (QED) is 0.737. The van der Waals surface area contributed by atoms with E-state index in [1.165, 1.54) is 18.3 Å². The number of rotatable bonds is 3. The van der Waals surface area contributed by atoms with Gasteiger partial charge in [0.25, 0.3) is 15.9 Å². The Kier molecular flexibility index (Phi) is 3.63. The van der Waals surface area contributed by atoms with Crippen LogP contribution < -0.4 is 10.5 Å². The number of nitrogens with zero attached hydrogens (tertiary/aromatic N) is 1. The lowest BCUT2D eigenvalue weighted by Crippen LogP contribution is -2.36. The number of pyridine rings is 1. The molecule has 4 N–H and O–H groups in total. The molecule has 0 spiro atoms. The number of hydrogen-bond acceptors (Lipinski definition) is 5. The molecule has 1 amide bonds. The lowest BCUT2D eigenvalue weighted by molar-refractivity contribution is -0.114. The number of nitrogens with two attached hydrogens (primary N) is 1. The van der Waals surface area contributed by atoms with E-state index < -0.39 is 15.9 Å². The van der Waals surface area contributed by atoms with E-state index in [9.17, 15) is 18.3 Å². The van der Waals surface area contributed by atoms with E-state index in [1.54, 1.807) is 24.3 Å². The fourth-order valence-corrected chi connectivity index (χ4v) is 3.86. The number of aliphatic hydroxyl groups excluding tert-OH is 1. The molecule has 3 rings (SSSR count). The lowest BCUT2D eigenvalue weighted by Gasteiger charge is -2.25. The number of benzene rings is 1. The minimum absolute atomic E-state index is 0.0327. The van der Waals surface area contributed by atoms with E-state index in [4.69, 9.17) is 5.73 Å². The third-order valence-electron chi connectivity index (χ3n) is 3.48. The summed E-state index contributed by atoms with van der Waals surface area (Å²) in [5.74, 6) is -0.923. The number of fused-ring (bicyclic) bond motifs is 1. The molecule has 1 aliphatic rings. The van der Waals surface area contributed by atoms with Gasteiger partial charge >= 0.3 is 0 Å². The first kappa shape index (κ1) is 15.2. The van der Waals surface area contributed by atoms with E-state index in [0.29, 0.717) is 11.3 Å². The highest BCUT2D eigenvalue weighted by Crippen LogP contribution is 2.36. The molecule has 0 fully saturated rings. The van der Waals surface area contributed by atoms with Crippen molar-refractivity contribution in [2.75, 3.05) is 0 Å². The van der Waals surface area contributed by atoms with Crippen molar-refractivity contribution in [1.82, 2.24) is 9.71 Å². The van der Waals surface area contributed by atoms with Gasteiger partial charge in [-0.3, -0.25) is 14.5 Å². The van der Waals surface area contributed by atoms with Crippen molar-refractivity contribution in [3.05, 3.63) is 65.1 Å². The highest BCUT2D eigenvalue weighted by atomic mass is 32.2. The predicted octanol–water partition coefficient (Wildman–Crippen LogP) is 0.111. The summed E-state index contributed by atoms with van der Waals surface area (Å²) in [5.41, 5.74) is 6.33. The zero-order valence-corrected chi connectivity index (χ0v) is 12.7. The highest BCUT2D eigenvalue weighted by molar-refractivity contribution is 7.89. The molecular formula is C15H13N3O4S. The first-order valence-electron chi connectivity index (χ1n) is 6.67. The van der Waals surface area contributed by atoms with E-state index in [0.717, 1.165) is 0 Å². The Morgan fingerprint density at radius 2 is 2.00 bits per heavy atom. The van der Waals surface area contributed by atoms with Crippen molar-refractivity contribution in [1.29, 1.82) is 0 Å². The third kappa shape index (κ3) is 2.47. The van der Waals surface area contributed by atoms with Crippen molar-refractivity contribution in [3.8, 4) is 0 Å². The number of amides is 1. The van der Waals surface area contributed by atoms with Gasteiger partial charge in [-0.1, -0.05) is 18.2 Å². The second-order valence-corrected chi connectivity index (χ2v) is 6.53. The first-order chi connectivity index (χ1) is 11.0. The van der Waals surface area contributed by atoms with E-state index in [2.05, 4.69) is 9.71 Å². The fourth-order valence-electron chi connectivity index (χ4n) is 2.52. The summed E-state index contributed by atoms with van der Waals surface area (Å²) in [7, 11) is -3.96. The number of aromatic nitrogens is 1. The van der Waals surface area contributed by atoms with Crippen LogP contribution in [-0.4, -0.2) is 24.4 Å². The standard InChI is InChI=1S/C15H13N3O4S/c16-15(20)14-13(10-5-1-2-7-17-10)12-9(8-19)4-3-6-11(12)23(21,22)18-14/h1-7,18-19H,8H2,(H2,16,20). The summed E-state index contributed by atoms with van der Waals surface area (Å²) >= 11 is 0. The van der Waals surface area contributed by atoms with Crippen LogP contribution in [0.2, 0.25) is 0 Å². The van der Waals surface area contributed by atoms with Crippen LogP contribution in [0.25, 0.3) is 5.57 Å². The second-order valence-electron chi connectivity index (χ2n) is 4.88. The molecule has 8 heteroatoms. The highest BCUT2D eigenvalue weighted by Gasteiger charge is 2.34. The predicted molar refractivity (Wildman–Crippen MR) is 82.1 cm³/mol. The Morgan fingerprint density at radius 3 is 2.61 bits per heavy atom. The van der Waals surface area contributed by atoms with Gasteiger partial charge in [0, 0.05) is 17.3 Å². The van der Waals surface area contributed by atoms with Gasteiger partial charge in [-0.2, -0.15) is 0 Å². The first-order valence-corrected chi connectivity index (χ1v) is 8.15. The van der Waals surface area contributed by atoms with Gasteiger partial charge < -0.3 is 10.8 Å². The molecule has 1 aromatic heterocycles. The van der Waals surface area contributed by atoms with Crippen molar-refractivity contribution in [2.24, 2.45) is 5.73 Å². The number of primary amides is 1. The number of sulfonamides is 1. The lowest BCUT2D eigenvalue weighted by atomic mass is 9.94. The third-order valence-corrected chi connectivity index (χ3v) is 4.87. The van der Waals surface area contributed by atoms with E-state index in [-0.39, 0.29) is 28.3 Å². The molecule has 2 heterocycles. The van der Waals surface area contributed by atoms with Crippen molar-refractivity contribution in [3.63, 3.8) is 0 Å². The molecule has 0 saturated carbocycles. The molecule has 0 saturated heterocycles. The molecule has 7 nitrogen and oxygen atoms in total. The summed E-state index contributed by atoms with van der Waals surface area (Å²) in [6.07, 6.45) is 1.52. The maximum Gasteiger partial charge on any atom is 0.266 e. The van der Waals surface area contributed by atoms with Gasteiger partial charge in [-0.05, 0) is 23.8 Å². The van der Waals surface area contributed by atoms with Crippen LogP contribution in [0, 0.1) is 0 Å². The van der Waals surface area contributed by atoms with E-state index >= 15 is 0 Å².